The second kappa shape index (κ2) is 13.4. The van der Waals surface area contributed by atoms with Crippen molar-refractivity contribution in [3.05, 3.63) is 48.3 Å². The van der Waals surface area contributed by atoms with E-state index in [1.54, 1.807) is 6.07 Å². The summed E-state index contributed by atoms with van der Waals surface area (Å²) in [6.45, 7) is 4.41. The van der Waals surface area contributed by atoms with Crippen LogP contribution >= 0.6 is 0 Å². The van der Waals surface area contributed by atoms with Crippen LogP contribution in [-0.4, -0.2) is 12.6 Å². The maximum absolute atomic E-state index is 14.5. The van der Waals surface area contributed by atoms with Crippen LogP contribution in [0.1, 0.15) is 90.9 Å². The van der Waals surface area contributed by atoms with Crippen LogP contribution in [-0.2, 0) is 4.79 Å². The summed E-state index contributed by atoms with van der Waals surface area (Å²) in [5.41, 5.74) is 0. The van der Waals surface area contributed by atoms with E-state index in [1.165, 1.54) is 63.5 Å². The Kier molecular flexibility index (Phi) is 10.1. The topological polar surface area (TPSA) is 35.5 Å². The average molecular weight is 497 g/mol. The fourth-order valence-corrected chi connectivity index (χ4v) is 7.12. The van der Waals surface area contributed by atoms with Crippen molar-refractivity contribution in [2.45, 2.75) is 90.9 Å². The van der Waals surface area contributed by atoms with Gasteiger partial charge in [0.2, 0.25) is 0 Å². The van der Waals surface area contributed by atoms with E-state index >= 15 is 0 Å². The smallest absolute Gasteiger partial charge is 0.314 e. The third-order valence-corrected chi connectivity index (χ3v) is 9.21. The molecule has 198 valence electrons. The molecule has 0 bridgehead atoms. The van der Waals surface area contributed by atoms with Crippen LogP contribution in [0, 0.1) is 41.3 Å². The van der Waals surface area contributed by atoms with Crippen LogP contribution in [0.2, 0.25) is 0 Å². The molecule has 3 nitrogen and oxygen atoms in total. The number of hydrogen-bond acceptors (Lipinski definition) is 3. The van der Waals surface area contributed by atoms with Gasteiger partial charge in [0.25, 0.3) is 0 Å². The van der Waals surface area contributed by atoms with Crippen molar-refractivity contribution in [2.24, 2.45) is 35.5 Å². The monoisotopic (exact) mass is 496 g/mol. The van der Waals surface area contributed by atoms with Crippen molar-refractivity contribution in [1.82, 2.24) is 0 Å². The molecule has 0 amide bonds. The lowest BCUT2D eigenvalue weighted by atomic mass is 9.60. The first-order valence-corrected chi connectivity index (χ1v) is 14.4. The number of allylic oxidation sites excluding steroid dienone is 3. The van der Waals surface area contributed by atoms with E-state index in [-0.39, 0.29) is 17.6 Å². The van der Waals surface area contributed by atoms with E-state index in [0.717, 1.165) is 55.3 Å². The van der Waals surface area contributed by atoms with Crippen molar-refractivity contribution in [1.29, 1.82) is 0 Å². The van der Waals surface area contributed by atoms with Gasteiger partial charge in [0.05, 0.1) is 5.92 Å². The Balaban J connectivity index is 1.20. The number of fused-ring (bicyclic) bond motifs is 1. The summed E-state index contributed by atoms with van der Waals surface area (Å²) >= 11 is 0. The number of esters is 1. The molecule has 3 aliphatic carbocycles. The van der Waals surface area contributed by atoms with E-state index in [2.05, 4.69) is 19.1 Å². The Morgan fingerprint density at radius 3 is 2.28 bits per heavy atom. The van der Waals surface area contributed by atoms with Gasteiger partial charge in [-0.05, 0) is 126 Å². The molecule has 4 atom stereocenters. The lowest BCUT2D eigenvalue weighted by molar-refractivity contribution is -0.140. The Labute approximate surface area is 217 Å². The Morgan fingerprint density at radius 1 is 0.889 bits per heavy atom. The fourth-order valence-electron chi connectivity index (χ4n) is 7.12. The lowest BCUT2D eigenvalue weighted by Crippen LogP contribution is -2.35. The predicted molar refractivity (Wildman–Crippen MR) is 144 cm³/mol. The summed E-state index contributed by atoms with van der Waals surface area (Å²) in [6.07, 6.45) is 23.3. The summed E-state index contributed by atoms with van der Waals surface area (Å²) in [6, 6.07) is 4.44. The highest BCUT2D eigenvalue weighted by Crippen LogP contribution is 2.49. The second-order valence-corrected chi connectivity index (χ2v) is 11.4. The number of carbonyl (C=O) groups is 1. The van der Waals surface area contributed by atoms with E-state index < -0.39 is 5.82 Å². The molecule has 0 radical (unpaired) electrons. The average Bonchev–Trinajstić information content (AvgIpc) is 2.90. The zero-order valence-electron chi connectivity index (χ0n) is 22.3. The maximum Gasteiger partial charge on any atom is 0.314 e. The maximum atomic E-state index is 14.5. The number of ether oxygens (including phenoxy) is 2. The normalized spacial score (nSPS) is 30.9. The third kappa shape index (κ3) is 7.23. The molecule has 1 aromatic rings. The first-order valence-electron chi connectivity index (χ1n) is 14.4. The summed E-state index contributed by atoms with van der Waals surface area (Å²) in [5, 5.41) is 0. The molecule has 0 spiro atoms. The van der Waals surface area contributed by atoms with Crippen LogP contribution in [0.3, 0.4) is 0 Å². The van der Waals surface area contributed by atoms with E-state index in [9.17, 15) is 9.18 Å². The molecule has 3 fully saturated rings. The minimum absolute atomic E-state index is 0.000137. The van der Waals surface area contributed by atoms with Crippen molar-refractivity contribution < 1.29 is 18.7 Å². The zero-order chi connectivity index (χ0) is 25.3. The van der Waals surface area contributed by atoms with Gasteiger partial charge >= 0.3 is 5.97 Å². The quantitative estimate of drug-likeness (QED) is 0.195. The van der Waals surface area contributed by atoms with E-state index in [1.807, 2.05) is 19.1 Å². The van der Waals surface area contributed by atoms with Gasteiger partial charge in [-0.15, -0.1) is 0 Å². The van der Waals surface area contributed by atoms with Crippen molar-refractivity contribution in [2.75, 3.05) is 6.61 Å². The number of halogens is 1. The molecule has 3 saturated carbocycles. The molecule has 0 saturated heterocycles. The highest BCUT2D eigenvalue weighted by atomic mass is 19.1. The van der Waals surface area contributed by atoms with Gasteiger partial charge in [-0.25, -0.2) is 4.39 Å². The summed E-state index contributed by atoms with van der Waals surface area (Å²) in [5.74, 6) is 3.87. The fraction of sp³-hybridized carbons (Fsp3) is 0.656. The molecule has 4 rings (SSSR count). The van der Waals surface area contributed by atoms with E-state index in [0.29, 0.717) is 12.4 Å². The summed E-state index contributed by atoms with van der Waals surface area (Å²) < 4.78 is 25.4. The molecule has 0 heterocycles. The summed E-state index contributed by atoms with van der Waals surface area (Å²) in [7, 11) is 0. The van der Waals surface area contributed by atoms with Gasteiger partial charge in [0.1, 0.15) is 12.4 Å². The number of benzene rings is 1. The van der Waals surface area contributed by atoms with Crippen molar-refractivity contribution >= 4 is 5.97 Å². The Hall–Kier alpha value is -2.10. The SMILES string of the molecule is C/C=C/CCC1CCC2CC(C3CCC(C(=O)Oc4ccc(OC/C=C/C)cc4F)CC3)CCC2C1. The second-order valence-electron chi connectivity index (χ2n) is 11.4. The number of hydrogen-bond donors (Lipinski definition) is 0. The molecule has 1 aromatic carbocycles. The number of carbonyl (C=O) groups excluding carboxylic acids is 1. The first kappa shape index (κ1) is 26.9. The highest BCUT2D eigenvalue weighted by Gasteiger charge is 2.39. The zero-order valence-corrected chi connectivity index (χ0v) is 22.3. The van der Waals surface area contributed by atoms with E-state index in [4.69, 9.17) is 9.47 Å². The molecule has 4 heteroatoms. The minimum atomic E-state index is -0.552. The Morgan fingerprint density at radius 2 is 1.56 bits per heavy atom. The van der Waals surface area contributed by atoms with Crippen LogP contribution in [0.15, 0.2) is 42.5 Å². The standard InChI is InChI=1S/C32H45FO3/c1-3-5-7-8-23-9-10-28-21-27(16-15-26(28)20-23)24-11-13-25(14-12-24)32(34)36-31-18-17-29(22-30(31)33)35-19-6-4-2/h3-6,17-18,22-28H,7-16,19-21H2,1-2H3/b5-3+,6-4+. The minimum Gasteiger partial charge on any atom is -0.489 e. The molecule has 4 unspecified atom stereocenters. The van der Waals surface area contributed by atoms with Crippen molar-refractivity contribution in [3.8, 4) is 11.5 Å². The molecular weight excluding hydrogens is 451 g/mol. The van der Waals surface area contributed by atoms with Gasteiger partial charge in [0.15, 0.2) is 11.6 Å². The van der Waals surface area contributed by atoms with Gasteiger partial charge in [-0.1, -0.05) is 30.7 Å². The molecule has 36 heavy (non-hydrogen) atoms. The van der Waals surface area contributed by atoms with Crippen LogP contribution in [0.4, 0.5) is 4.39 Å². The molecule has 3 aliphatic rings. The number of rotatable bonds is 9. The largest absolute Gasteiger partial charge is 0.489 e. The third-order valence-electron chi connectivity index (χ3n) is 9.21. The molecule has 0 aromatic heterocycles. The summed E-state index contributed by atoms with van der Waals surface area (Å²) in [4.78, 5) is 12.8. The molecule has 0 aliphatic heterocycles. The van der Waals surface area contributed by atoms with Gasteiger partial charge in [0, 0.05) is 6.07 Å². The van der Waals surface area contributed by atoms with Gasteiger partial charge in [-0.3, -0.25) is 4.79 Å². The van der Waals surface area contributed by atoms with Gasteiger partial charge < -0.3 is 9.47 Å². The molecular formula is C32H45FO3. The first-order chi connectivity index (χ1) is 17.6. The Bertz CT molecular complexity index is 899. The highest BCUT2D eigenvalue weighted by molar-refractivity contribution is 5.75. The van der Waals surface area contributed by atoms with Crippen LogP contribution in [0.5, 0.6) is 11.5 Å². The lowest BCUT2D eigenvalue weighted by Gasteiger charge is -2.45. The van der Waals surface area contributed by atoms with Gasteiger partial charge in [-0.2, -0.15) is 0 Å². The van der Waals surface area contributed by atoms with Crippen LogP contribution in [0.25, 0.3) is 0 Å². The molecule has 0 N–H and O–H groups in total. The van der Waals surface area contributed by atoms with Crippen molar-refractivity contribution in [3.63, 3.8) is 0 Å². The van der Waals surface area contributed by atoms with Crippen LogP contribution < -0.4 is 9.47 Å². The predicted octanol–water partition coefficient (Wildman–Crippen LogP) is 8.68.